The van der Waals surface area contributed by atoms with Gasteiger partial charge in [0.1, 0.15) is 11.8 Å². The number of rotatable bonds is 1. The largest absolute Gasteiger partial charge is 0.272 e. The van der Waals surface area contributed by atoms with E-state index in [0.717, 1.165) is 22.1 Å². The number of aromatic nitrogens is 4. The maximum absolute atomic E-state index is 12.6. The summed E-state index contributed by atoms with van der Waals surface area (Å²) in [6.45, 7) is 1.97. The molecule has 2 heterocycles. The fourth-order valence-electron chi connectivity index (χ4n) is 2.52. The second kappa shape index (κ2) is 4.73. The summed E-state index contributed by atoms with van der Waals surface area (Å²) in [4.78, 5) is 25.9. The van der Waals surface area contributed by atoms with Crippen molar-refractivity contribution in [2.45, 2.75) is 6.92 Å². The fraction of sp³-hybridized carbons (Fsp3) is 0.0588. The van der Waals surface area contributed by atoms with Crippen LogP contribution >= 0.6 is 0 Å². The molecule has 2 aromatic heterocycles. The van der Waals surface area contributed by atoms with Gasteiger partial charge in [-0.25, -0.2) is 15.0 Å². The first-order chi connectivity index (χ1) is 10.7. The van der Waals surface area contributed by atoms with Crippen LogP contribution in [0.25, 0.3) is 22.1 Å². The van der Waals surface area contributed by atoms with Crippen LogP contribution in [0.3, 0.4) is 0 Å². The molecule has 0 saturated heterocycles. The molecule has 0 aliphatic heterocycles. The van der Waals surface area contributed by atoms with Crippen LogP contribution in [-0.2, 0) is 0 Å². The van der Waals surface area contributed by atoms with Crippen molar-refractivity contribution in [2.24, 2.45) is 0 Å². The number of hydrogen-bond donors (Lipinski definition) is 0. The Morgan fingerprint density at radius 2 is 1.73 bits per heavy atom. The lowest BCUT2D eigenvalue weighted by atomic mass is 10.1. The smallest absolute Gasteiger partial charge is 0.265 e. The second-order valence-corrected chi connectivity index (χ2v) is 5.11. The third-order valence-corrected chi connectivity index (χ3v) is 3.67. The molecule has 2 aromatic carbocycles. The molecular formula is C17H12N4O. The number of aryl methyl sites for hydroxylation is 1. The van der Waals surface area contributed by atoms with Crippen LogP contribution in [0.15, 0.2) is 55.1 Å². The van der Waals surface area contributed by atoms with E-state index in [2.05, 4.69) is 15.0 Å². The zero-order valence-corrected chi connectivity index (χ0v) is 11.9. The number of imidazole rings is 1. The van der Waals surface area contributed by atoms with E-state index >= 15 is 0 Å². The van der Waals surface area contributed by atoms with E-state index in [9.17, 15) is 4.79 Å². The van der Waals surface area contributed by atoms with Gasteiger partial charge in [-0.05, 0) is 30.7 Å². The molecule has 0 bridgehead atoms. The van der Waals surface area contributed by atoms with E-state index in [-0.39, 0.29) is 5.91 Å². The Kier molecular flexibility index (Phi) is 2.72. The molecule has 22 heavy (non-hydrogen) atoms. The van der Waals surface area contributed by atoms with Crippen molar-refractivity contribution in [1.82, 2.24) is 19.5 Å². The van der Waals surface area contributed by atoms with Crippen molar-refractivity contribution in [3.63, 3.8) is 0 Å². The molecule has 5 nitrogen and oxygen atoms in total. The average Bonchev–Trinajstić information content (AvgIpc) is 3.08. The number of hydrogen-bond acceptors (Lipinski definition) is 4. The zero-order chi connectivity index (χ0) is 15.1. The molecule has 0 saturated carbocycles. The highest BCUT2D eigenvalue weighted by Crippen LogP contribution is 2.23. The van der Waals surface area contributed by atoms with Gasteiger partial charge in [-0.2, -0.15) is 0 Å². The second-order valence-electron chi connectivity index (χ2n) is 5.11. The Morgan fingerprint density at radius 3 is 2.41 bits per heavy atom. The van der Waals surface area contributed by atoms with E-state index in [4.69, 9.17) is 0 Å². The topological polar surface area (TPSA) is 60.7 Å². The molecule has 0 spiro atoms. The molecule has 4 aromatic rings. The molecular weight excluding hydrogens is 276 g/mol. The van der Waals surface area contributed by atoms with Crippen molar-refractivity contribution >= 4 is 28.0 Å². The van der Waals surface area contributed by atoms with E-state index in [0.29, 0.717) is 11.1 Å². The third kappa shape index (κ3) is 1.87. The molecule has 0 fully saturated rings. The predicted octanol–water partition coefficient (Wildman–Crippen LogP) is 2.98. The summed E-state index contributed by atoms with van der Waals surface area (Å²) in [5.74, 6) is -0.160. The number of carbonyl (C=O) groups is 1. The zero-order valence-electron chi connectivity index (χ0n) is 11.9. The molecule has 5 heteroatoms. The Bertz CT molecular complexity index is 1010. The Balaban J connectivity index is 2.05. The number of para-hydroxylation sites is 2. The van der Waals surface area contributed by atoms with Crippen LogP contribution in [0.1, 0.15) is 15.9 Å². The van der Waals surface area contributed by atoms with Crippen LogP contribution in [0.4, 0.5) is 0 Å². The van der Waals surface area contributed by atoms with Gasteiger partial charge in [-0.1, -0.05) is 18.2 Å². The van der Waals surface area contributed by atoms with Gasteiger partial charge in [0.25, 0.3) is 5.91 Å². The molecule has 0 unspecified atom stereocenters. The van der Waals surface area contributed by atoms with Gasteiger partial charge >= 0.3 is 0 Å². The van der Waals surface area contributed by atoms with Crippen molar-refractivity contribution in [3.05, 3.63) is 66.2 Å². The predicted molar refractivity (Wildman–Crippen MR) is 83.7 cm³/mol. The van der Waals surface area contributed by atoms with Crippen LogP contribution in [0.5, 0.6) is 0 Å². The maximum Gasteiger partial charge on any atom is 0.265 e. The first kappa shape index (κ1) is 12.6. The third-order valence-electron chi connectivity index (χ3n) is 3.67. The summed E-state index contributed by atoms with van der Waals surface area (Å²) in [6, 6.07) is 11.4. The summed E-state index contributed by atoms with van der Waals surface area (Å²) in [5, 5.41) is 0. The Hall–Kier alpha value is -3.08. The minimum atomic E-state index is -0.160. The fourth-order valence-corrected chi connectivity index (χ4v) is 2.52. The van der Waals surface area contributed by atoms with Crippen LogP contribution in [0.2, 0.25) is 0 Å². The minimum absolute atomic E-state index is 0.160. The van der Waals surface area contributed by atoms with Crippen molar-refractivity contribution in [3.8, 4) is 0 Å². The Labute approximate surface area is 126 Å². The van der Waals surface area contributed by atoms with Crippen LogP contribution in [-0.4, -0.2) is 25.4 Å². The molecule has 0 radical (unpaired) electrons. The van der Waals surface area contributed by atoms with Gasteiger partial charge in [-0.15, -0.1) is 0 Å². The first-order valence-electron chi connectivity index (χ1n) is 6.93. The van der Waals surface area contributed by atoms with Gasteiger partial charge in [0.15, 0.2) is 0 Å². The highest BCUT2D eigenvalue weighted by atomic mass is 16.2. The quantitative estimate of drug-likeness (QED) is 0.505. The van der Waals surface area contributed by atoms with Gasteiger partial charge in [0, 0.05) is 12.4 Å². The van der Waals surface area contributed by atoms with Gasteiger partial charge in [0.2, 0.25) is 0 Å². The molecule has 0 aliphatic rings. The molecule has 4 rings (SSSR count). The van der Waals surface area contributed by atoms with E-state index in [1.807, 2.05) is 37.3 Å². The van der Waals surface area contributed by atoms with E-state index in [1.54, 1.807) is 18.5 Å². The molecule has 0 aliphatic carbocycles. The monoisotopic (exact) mass is 288 g/mol. The highest BCUT2D eigenvalue weighted by molar-refractivity contribution is 6.07. The minimum Gasteiger partial charge on any atom is -0.272 e. The lowest BCUT2D eigenvalue weighted by Crippen LogP contribution is -2.11. The summed E-state index contributed by atoms with van der Waals surface area (Å²) in [7, 11) is 0. The van der Waals surface area contributed by atoms with Crippen LogP contribution in [0, 0.1) is 6.92 Å². The summed E-state index contributed by atoms with van der Waals surface area (Å²) < 4.78 is 1.45. The first-order valence-corrected chi connectivity index (χ1v) is 6.93. The van der Waals surface area contributed by atoms with E-state index in [1.165, 1.54) is 10.9 Å². The van der Waals surface area contributed by atoms with Crippen molar-refractivity contribution in [1.29, 1.82) is 0 Å². The molecule has 0 atom stereocenters. The highest BCUT2D eigenvalue weighted by Gasteiger charge is 2.15. The molecule has 0 amide bonds. The molecule has 0 N–H and O–H groups in total. The van der Waals surface area contributed by atoms with Gasteiger partial charge in [-0.3, -0.25) is 9.36 Å². The van der Waals surface area contributed by atoms with Crippen LogP contribution < -0.4 is 0 Å². The van der Waals surface area contributed by atoms with E-state index < -0.39 is 0 Å². The number of benzene rings is 2. The molecule has 106 valence electrons. The van der Waals surface area contributed by atoms with Gasteiger partial charge in [0.05, 0.1) is 22.1 Å². The summed E-state index contributed by atoms with van der Waals surface area (Å²) in [6.07, 6.45) is 4.69. The van der Waals surface area contributed by atoms with Crippen molar-refractivity contribution in [2.75, 3.05) is 0 Å². The Morgan fingerprint density at radius 1 is 1.00 bits per heavy atom. The number of fused-ring (bicyclic) bond motifs is 2. The number of nitrogens with zero attached hydrogens (tertiary/aromatic N) is 4. The standard InChI is InChI=1S/C17H12N4O/c1-11-6-7-12(17(22)21-9-8-18-10-21)16-15(11)19-13-4-2-3-5-14(13)20-16/h2-10H,1H3. The van der Waals surface area contributed by atoms with Crippen molar-refractivity contribution < 1.29 is 4.79 Å². The number of carbonyl (C=O) groups excluding carboxylic acids is 1. The summed E-state index contributed by atoms with van der Waals surface area (Å²) >= 11 is 0. The maximum atomic E-state index is 12.6. The SMILES string of the molecule is Cc1ccc(C(=O)n2ccnc2)c2nc3ccccc3nc12. The lowest BCUT2D eigenvalue weighted by molar-refractivity contribution is 0.0961. The normalized spacial score (nSPS) is 11.1. The van der Waals surface area contributed by atoms with Gasteiger partial charge < -0.3 is 0 Å². The lowest BCUT2D eigenvalue weighted by Gasteiger charge is -2.08. The average molecular weight is 288 g/mol. The summed E-state index contributed by atoms with van der Waals surface area (Å²) in [5.41, 5.74) is 4.50.